The number of halogens is 1. The number of aliphatic imine (C=N–C) groups is 1. The van der Waals surface area contributed by atoms with Crippen LogP contribution in [0.15, 0.2) is 53.5 Å². The average Bonchev–Trinajstić information content (AvgIpc) is 2.63. The number of anilines is 2. The van der Waals surface area contributed by atoms with Gasteiger partial charge in [-0.2, -0.15) is 0 Å². The predicted molar refractivity (Wildman–Crippen MR) is 106 cm³/mol. The van der Waals surface area contributed by atoms with Gasteiger partial charge in [0, 0.05) is 29.4 Å². The highest BCUT2D eigenvalue weighted by molar-refractivity contribution is 5.84. The van der Waals surface area contributed by atoms with Crippen molar-refractivity contribution in [2.75, 3.05) is 12.4 Å². The molecule has 142 valence electrons. The van der Waals surface area contributed by atoms with Crippen LogP contribution in [0.2, 0.25) is 0 Å². The molecule has 0 saturated carbocycles. The average molecular weight is 368 g/mol. The number of aldehydes is 1. The molecule has 0 aromatic heterocycles. The number of likely N-dealkylation sites (N-methyl/N-ethyl adjacent to an activating group) is 1. The van der Waals surface area contributed by atoms with Crippen molar-refractivity contribution in [3.8, 4) is 0 Å². The fourth-order valence-corrected chi connectivity index (χ4v) is 3.70. The van der Waals surface area contributed by atoms with Crippen molar-refractivity contribution in [2.24, 2.45) is 16.1 Å². The van der Waals surface area contributed by atoms with Crippen molar-refractivity contribution in [3.63, 3.8) is 0 Å². The van der Waals surface area contributed by atoms with E-state index >= 15 is 0 Å². The molecule has 1 aliphatic rings. The van der Waals surface area contributed by atoms with Crippen LogP contribution in [0.1, 0.15) is 26.3 Å². The Kier molecular flexibility index (Phi) is 4.68. The van der Waals surface area contributed by atoms with Crippen LogP contribution in [-0.2, 0) is 10.3 Å². The van der Waals surface area contributed by atoms with Gasteiger partial charge in [0.15, 0.2) is 5.96 Å². The third-order valence-corrected chi connectivity index (χ3v) is 5.79. The number of hydrogen-bond donors (Lipinski definition) is 2. The highest BCUT2D eigenvalue weighted by Gasteiger charge is 2.53. The molecule has 27 heavy (non-hydrogen) atoms. The second-order valence-electron chi connectivity index (χ2n) is 7.64. The summed E-state index contributed by atoms with van der Waals surface area (Å²) >= 11 is 0. The highest BCUT2D eigenvalue weighted by atomic mass is 19.1. The second kappa shape index (κ2) is 6.68. The molecule has 0 radical (unpaired) electrons. The van der Waals surface area contributed by atoms with Crippen LogP contribution in [0.3, 0.4) is 0 Å². The van der Waals surface area contributed by atoms with Crippen LogP contribution < -0.4 is 11.1 Å². The minimum Gasteiger partial charge on any atom is -0.370 e. The molecule has 0 fully saturated rings. The maximum Gasteiger partial charge on any atom is 0.192 e. The fraction of sp³-hybridized carbons (Fsp3) is 0.333. The zero-order chi connectivity index (χ0) is 19.8. The van der Waals surface area contributed by atoms with E-state index in [4.69, 9.17) is 5.73 Å². The van der Waals surface area contributed by atoms with E-state index in [0.717, 1.165) is 17.7 Å². The first-order valence-electron chi connectivity index (χ1n) is 8.86. The molecule has 0 aliphatic carbocycles. The molecular weight excluding hydrogens is 343 g/mol. The van der Waals surface area contributed by atoms with E-state index in [1.807, 2.05) is 51.1 Å². The summed E-state index contributed by atoms with van der Waals surface area (Å²) in [6.07, 6.45) is 0.851. The molecule has 1 heterocycles. The smallest absolute Gasteiger partial charge is 0.192 e. The van der Waals surface area contributed by atoms with Gasteiger partial charge in [-0.25, -0.2) is 9.38 Å². The summed E-state index contributed by atoms with van der Waals surface area (Å²) in [7, 11) is 1.73. The molecule has 2 unspecified atom stereocenters. The van der Waals surface area contributed by atoms with Gasteiger partial charge in [0.05, 0.1) is 11.6 Å². The minimum atomic E-state index is -1.01. The number of nitrogens with two attached hydrogens (primary N) is 1. The summed E-state index contributed by atoms with van der Waals surface area (Å²) in [4.78, 5) is 18.0. The van der Waals surface area contributed by atoms with Crippen LogP contribution in [0, 0.1) is 11.2 Å². The van der Waals surface area contributed by atoms with Crippen molar-refractivity contribution < 1.29 is 9.18 Å². The first-order chi connectivity index (χ1) is 12.7. The molecule has 2 aromatic carbocycles. The SMILES string of the molecule is CN1C(N)=NC(C)(c2cc(Nc3ccccc3)ccc2F)C(C)(C)C1C=O. The number of carbonyl (C=O) groups excluding carboxylic acids is 1. The zero-order valence-corrected chi connectivity index (χ0v) is 16.0. The van der Waals surface area contributed by atoms with E-state index in [2.05, 4.69) is 10.3 Å². The Hall–Kier alpha value is -2.89. The van der Waals surface area contributed by atoms with Gasteiger partial charge in [-0.1, -0.05) is 32.0 Å². The second-order valence-corrected chi connectivity index (χ2v) is 7.64. The lowest BCUT2D eigenvalue weighted by Gasteiger charge is -2.51. The van der Waals surface area contributed by atoms with Gasteiger partial charge in [0.25, 0.3) is 0 Å². The van der Waals surface area contributed by atoms with Crippen LogP contribution in [0.4, 0.5) is 15.8 Å². The molecule has 0 saturated heterocycles. The standard InChI is InChI=1S/C21H25FN4O/c1-20(2)18(13-27)26(4)19(23)25-21(20,3)16-12-15(10-11-17(16)22)24-14-8-6-5-7-9-14/h5-13,18,24H,1-4H3,(H2,23,25). The summed E-state index contributed by atoms with van der Waals surface area (Å²) in [6, 6.07) is 14.0. The molecule has 0 spiro atoms. The van der Waals surface area contributed by atoms with Crippen molar-refractivity contribution in [3.05, 3.63) is 59.9 Å². The molecule has 3 N–H and O–H groups in total. The summed E-state index contributed by atoms with van der Waals surface area (Å²) in [6.45, 7) is 5.65. The van der Waals surface area contributed by atoms with Crippen LogP contribution in [0.5, 0.6) is 0 Å². The Morgan fingerprint density at radius 2 is 1.81 bits per heavy atom. The fourth-order valence-electron chi connectivity index (χ4n) is 3.70. The first kappa shape index (κ1) is 18.9. The molecule has 2 aromatic rings. The largest absolute Gasteiger partial charge is 0.370 e. The summed E-state index contributed by atoms with van der Waals surface area (Å²) < 4.78 is 14.9. The van der Waals surface area contributed by atoms with Gasteiger partial charge in [-0.3, -0.25) is 0 Å². The lowest BCUT2D eigenvalue weighted by atomic mass is 9.64. The summed E-state index contributed by atoms with van der Waals surface area (Å²) in [5, 5.41) is 3.27. The molecular formula is C21H25FN4O. The van der Waals surface area contributed by atoms with Gasteiger partial charge in [0.2, 0.25) is 0 Å². The maximum atomic E-state index is 14.9. The summed E-state index contributed by atoms with van der Waals surface area (Å²) in [5.74, 6) is -0.162. The van der Waals surface area contributed by atoms with Gasteiger partial charge >= 0.3 is 0 Å². The van der Waals surface area contributed by atoms with Crippen molar-refractivity contribution >= 4 is 23.6 Å². The molecule has 0 bridgehead atoms. The van der Waals surface area contributed by atoms with Crippen molar-refractivity contribution in [1.82, 2.24) is 4.90 Å². The molecule has 2 atom stereocenters. The van der Waals surface area contributed by atoms with Gasteiger partial charge in [-0.15, -0.1) is 0 Å². The van der Waals surface area contributed by atoms with E-state index < -0.39 is 17.0 Å². The van der Waals surface area contributed by atoms with E-state index in [-0.39, 0.29) is 11.8 Å². The quantitative estimate of drug-likeness (QED) is 0.809. The first-order valence-corrected chi connectivity index (χ1v) is 8.86. The third kappa shape index (κ3) is 3.05. The van der Waals surface area contributed by atoms with Crippen LogP contribution >= 0.6 is 0 Å². The van der Waals surface area contributed by atoms with Crippen LogP contribution in [-0.4, -0.2) is 30.2 Å². The molecule has 6 heteroatoms. The lowest BCUT2D eigenvalue weighted by Crippen LogP contribution is -2.61. The molecule has 1 aliphatic heterocycles. The third-order valence-electron chi connectivity index (χ3n) is 5.79. The van der Waals surface area contributed by atoms with E-state index in [0.29, 0.717) is 5.56 Å². The number of hydrogen-bond acceptors (Lipinski definition) is 5. The van der Waals surface area contributed by atoms with Gasteiger partial charge in [0.1, 0.15) is 12.1 Å². The number of carbonyl (C=O) groups is 1. The molecule has 5 nitrogen and oxygen atoms in total. The Morgan fingerprint density at radius 3 is 2.44 bits per heavy atom. The Balaban J connectivity index is 2.11. The number of guanidine groups is 1. The van der Waals surface area contributed by atoms with Crippen LogP contribution in [0.25, 0.3) is 0 Å². The topological polar surface area (TPSA) is 70.7 Å². The number of benzene rings is 2. The summed E-state index contributed by atoms with van der Waals surface area (Å²) in [5.41, 5.74) is 6.42. The predicted octanol–water partition coefficient (Wildman–Crippen LogP) is 3.64. The molecule has 3 rings (SSSR count). The monoisotopic (exact) mass is 368 g/mol. The van der Waals surface area contributed by atoms with E-state index in [9.17, 15) is 9.18 Å². The van der Waals surface area contributed by atoms with Crippen molar-refractivity contribution in [2.45, 2.75) is 32.4 Å². The number of nitrogens with one attached hydrogen (secondary N) is 1. The Labute approximate surface area is 159 Å². The minimum absolute atomic E-state index is 0.217. The number of nitrogens with zero attached hydrogens (tertiary/aromatic N) is 2. The number of rotatable bonds is 4. The lowest BCUT2D eigenvalue weighted by molar-refractivity contribution is -0.116. The zero-order valence-electron chi connectivity index (χ0n) is 16.0. The highest BCUT2D eigenvalue weighted by Crippen LogP contribution is 2.49. The van der Waals surface area contributed by atoms with Gasteiger partial charge in [-0.05, 0) is 37.3 Å². The maximum absolute atomic E-state index is 14.9. The van der Waals surface area contributed by atoms with Gasteiger partial charge < -0.3 is 20.7 Å². The molecule has 0 amide bonds. The normalized spacial score (nSPS) is 24.3. The van der Waals surface area contributed by atoms with E-state index in [1.165, 1.54) is 6.07 Å². The Morgan fingerprint density at radius 1 is 1.15 bits per heavy atom. The number of para-hydroxylation sites is 1. The Bertz CT molecular complexity index is 881. The van der Waals surface area contributed by atoms with E-state index in [1.54, 1.807) is 24.1 Å². The van der Waals surface area contributed by atoms with Crippen molar-refractivity contribution in [1.29, 1.82) is 0 Å².